The average Bonchev–Trinajstić information content (AvgIpc) is 3.03. The first-order valence-electron chi connectivity index (χ1n) is 8.12. The van der Waals surface area contributed by atoms with Crippen LogP contribution >= 0.6 is 11.6 Å². The lowest BCUT2D eigenvalue weighted by Gasteiger charge is -2.37. The Morgan fingerprint density at radius 2 is 1.67 bits per heavy atom. The van der Waals surface area contributed by atoms with Gasteiger partial charge >= 0.3 is 0 Å². The number of halogens is 1. The van der Waals surface area contributed by atoms with E-state index in [2.05, 4.69) is 9.80 Å². The number of piperidine rings is 1. The highest BCUT2D eigenvalue weighted by Gasteiger charge is 2.27. The van der Waals surface area contributed by atoms with Crippen molar-refractivity contribution >= 4 is 11.6 Å². The summed E-state index contributed by atoms with van der Waals surface area (Å²) in [6.45, 7) is 5.52. The van der Waals surface area contributed by atoms with Crippen molar-refractivity contribution < 1.29 is 5.11 Å². The summed E-state index contributed by atoms with van der Waals surface area (Å²) in [4.78, 5) is 5.05. The van der Waals surface area contributed by atoms with Crippen molar-refractivity contribution in [3.63, 3.8) is 0 Å². The maximum absolute atomic E-state index is 10.3. The van der Waals surface area contributed by atoms with Crippen LogP contribution in [0.2, 0.25) is 5.02 Å². The summed E-state index contributed by atoms with van der Waals surface area (Å²) in [7, 11) is 0. The van der Waals surface area contributed by atoms with Crippen molar-refractivity contribution in [2.45, 2.75) is 37.8 Å². The first-order valence-corrected chi connectivity index (χ1v) is 8.50. The molecule has 1 unspecified atom stereocenters. The molecule has 0 radical (unpaired) electrons. The number of β-amino-alcohol motifs (C(OH)–C–C–N with tert-alkyl or cyclic N) is 1. The van der Waals surface area contributed by atoms with Crippen molar-refractivity contribution in [2.75, 3.05) is 32.7 Å². The molecule has 0 saturated carbocycles. The van der Waals surface area contributed by atoms with Gasteiger partial charge in [0.1, 0.15) is 0 Å². The standard InChI is InChI=1S/C17H25ClN2O/c18-15-5-3-14(4-6-15)17(21)13-19-11-7-16(8-12-19)20-9-1-2-10-20/h3-6,16-17,21H,1-2,7-13H2. The third-order valence-corrected chi connectivity index (χ3v) is 5.15. The Hall–Kier alpha value is -0.610. The molecular weight excluding hydrogens is 284 g/mol. The van der Waals surface area contributed by atoms with Crippen LogP contribution in [0.25, 0.3) is 0 Å². The van der Waals surface area contributed by atoms with Gasteiger partial charge in [-0.3, -0.25) is 0 Å². The van der Waals surface area contributed by atoms with Crippen molar-refractivity contribution in [3.05, 3.63) is 34.9 Å². The van der Waals surface area contributed by atoms with Crippen molar-refractivity contribution in [3.8, 4) is 0 Å². The van der Waals surface area contributed by atoms with E-state index in [0.29, 0.717) is 0 Å². The second-order valence-electron chi connectivity index (χ2n) is 6.34. The molecule has 2 saturated heterocycles. The Balaban J connectivity index is 1.47. The Labute approximate surface area is 132 Å². The smallest absolute Gasteiger partial charge is 0.0916 e. The maximum Gasteiger partial charge on any atom is 0.0916 e. The van der Waals surface area contributed by atoms with Crippen LogP contribution in [0, 0.1) is 0 Å². The molecule has 4 heteroatoms. The van der Waals surface area contributed by atoms with E-state index in [1.54, 1.807) is 0 Å². The van der Waals surface area contributed by atoms with E-state index >= 15 is 0 Å². The van der Waals surface area contributed by atoms with Crippen LogP contribution in [0.4, 0.5) is 0 Å². The molecule has 1 aromatic rings. The molecule has 0 aliphatic carbocycles. The quantitative estimate of drug-likeness (QED) is 0.926. The van der Waals surface area contributed by atoms with Gasteiger partial charge in [0.15, 0.2) is 0 Å². The zero-order chi connectivity index (χ0) is 14.7. The van der Waals surface area contributed by atoms with Crippen LogP contribution in [-0.2, 0) is 0 Å². The molecule has 3 rings (SSSR count). The predicted octanol–water partition coefficient (Wildman–Crippen LogP) is 2.93. The fourth-order valence-electron chi connectivity index (χ4n) is 3.61. The molecule has 0 aromatic heterocycles. The highest BCUT2D eigenvalue weighted by molar-refractivity contribution is 6.30. The van der Waals surface area contributed by atoms with E-state index in [1.807, 2.05) is 24.3 Å². The average molecular weight is 309 g/mol. The van der Waals surface area contributed by atoms with Gasteiger partial charge in [-0.1, -0.05) is 23.7 Å². The summed E-state index contributed by atoms with van der Waals surface area (Å²) in [5.41, 5.74) is 0.959. The summed E-state index contributed by atoms with van der Waals surface area (Å²) in [6, 6.07) is 8.31. The molecule has 1 aromatic carbocycles. The summed E-state index contributed by atoms with van der Waals surface area (Å²) in [5.74, 6) is 0. The molecule has 1 N–H and O–H groups in total. The van der Waals surface area contributed by atoms with Crippen LogP contribution < -0.4 is 0 Å². The van der Waals surface area contributed by atoms with Gasteiger partial charge in [0.05, 0.1) is 6.10 Å². The minimum absolute atomic E-state index is 0.411. The number of benzene rings is 1. The summed E-state index contributed by atoms with van der Waals surface area (Å²) in [6.07, 6.45) is 4.82. The molecule has 0 bridgehead atoms. The molecule has 2 aliphatic rings. The Kier molecular flexibility index (Phi) is 5.17. The predicted molar refractivity (Wildman–Crippen MR) is 86.7 cm³/mol. The van der Waals surface area contributed by atoms with E-state index < -0.39 is 6.10 Å². The summed E-state index contributed by atoms with van der Waals surface area (Å²) in [5, 5.41) is 11.1. The van der Waals surface area contributed by atoms with E-state index in [-0.39, 0.29) is 0 Å². The van der Waals surface area contributed by atoms with Crippen LogP contribution in [0.15, 0.2) is 24.3 Å². The molecule has 0 spiro atoms. The van der Waals surface area contributed by atoms with Gasteiger partial charge < -0.3 is 14.9 Å². The minimum Gasteiger partial charge on any atom is -0.387 e. The highest BCUT2D eigenvalue weighted by Crippen LogP contribution is 2.23. The van der Waals surface area contributed by atoms with Crippen LogP contribution in [-0.4, -0.2) is 53.7 Å². The van der Waals surface area contributed by atoms with Gasteiger partial charge in [0, 0.05) is 17.6 Å². The van der Waals surface area contributed by atoms with Crippen LogP contribution in [0.5, 0.6) is 0 Å². The topological polar surface area (TPSA) is 26.7 Å². The number of hydrogen-bond acceptors (Lipinski definition) is 3. The monoisotopic (exact) mass is 308 g/mol. The Bertz CT molecular complexity index is 437. The van der Waals surface area contributed by atoms with Gasteiger partial charge in [-0.2, -0.15) is 0 Å². The lowest BCUT2D eigenvalue weighted by atomic mass is 10.0. The zero-order valence-electron chi connectivity index (χ0n) is 12.5. The van der Waals surface area contributed by atoms with Crippen LogP contribution in [0.3, 0.4) is 0 Å². The van der Waals surface area contributed by atoms with Crippen molar-refractivity contribution in [1.29, 1.82) is 0 Å². The summed E-state index contributed by atoms with van der Waals surface area (Å²) >= 11 is 5.89. The lowest BCUT2D eigenvalue weighted by Crippen LogP contribution is -2.44. The summed E-state index contributed by atoms with van der Waals surface area (Å²) < 4.78 is 0. The first kappa shape index (κ1) is 15.3. The number of hydrogen-bond donors (Lipinski definition) is 1. The number of aliphatic hydroxyl groups excluding tert-OH is 1. The molecule has 1 atom stereocenters. The SMILES string of the molecule is OC(CN1CCC(N2CCCC2)CC1)c1ccc(Cl)cc1. The van der Waals surface area contributed by atoms with Gasteiger partial charge in [-0.25, -0.2) is 0 Å². The van der Waals surface area contributed by atoms with E-state index in [4.69, 9.17) is 11.6 Å². The molecular formula is C17H25ClN2O. The molecule has 2 fully saturated rings. The molecule has 2 aliphatic heterocycles. The molecule has 3 nitrogen and oxygen atoms in total. The highest BCUT2D eigenvalue weighted by atomic mass is 35.5. The number of aliphatic hydroxyl groups is 1. The zero-order valence-corrected chi connectivity index (χ0v) is 13.3. The second-order valence-corrected chi connectivity index (χ2v) is 6.78. The molecule has 116 valence electrons. The van der Waals surface area contributed by atoms with E-state index in [1.165, 1.54) is 38.8 Å². The number of likely N-dealkylation sites (tertiary alicyclic amines) is 2. The van der Waals surface area contributed by atoms with Crippen molar-refractivity contribution in [2.24, 2.45) is 0 Å². The van der Waals surface area contributed by atoms with Gasteiger partial charge in [0.25, 0.3) is 0 Å². The largest absolute Gasteiger partial charge is 0.387 e. The molecule has 21 heavy (non-hydrogen) atoms. The molecule has 2 heterocycles. The number of rotatable bonds is 4. The van der Waals surface area contributed by atoms with Crippen molar-refractivity contribution in [1.82, 2.24) is 9.80 Å². The van der Waals surface area contributed by atoms with Gasteiger partial charge in [-0.15, -0.1) is 0 Å². The normalized spacial score (nSPS) is 23.5. The van der Waals surface area contributed by atoms with Gasteiger partial charge in [0.2, 0.25) is 0 Å². The third-order valence-electron chi connectivity index (χ3n) is 4.90. The fraction of sp³-hybridized carbons (Fsp3) is 0.647. The first-order chi connectivity index (χ1) is 10.2. The Morgan fingerprint density at radius 3 is 2.29 bits per heavy atom. The molecule has 0 amide bonds. The van der Waals surface area contributed by atoms with Crippen LogP contribution in [0.1, 0.15) is 37.4 Å². The third kappa shape index (κ3) is 3.98. The minimum atomic E-state index is -0.411. The number of nitrogens with zero attached hydrogens (tertiary/aromatic N) is 2. The Morgan fingerprint density at radius 1 is 1.05 bits per heavy atom. The van der Waals surface area contributed by atoms with Gasteiger partial charge in [-0.05, 0) is 69.6 Å². The van der Waals surface area contributed by atoms with E-state index in [9.17, 15) is 5.11 Å². The van der Waals surface area contributed by atoms with E-state index in [0.717, 1.165) is 36.3 Å². The lowest BCUT2D eigenvalue weighted by molar-refractivity contribution is 0.0739. The fourth-order valence-corrected chi connectivity index (χ4v) is 3.73. The maximum atomic E-state index is 10.3. The second kappa shape index (κ2) is 7.10.